The molecule has 2 aromatic heterocycles. The van der Waals surface area contributed by atoms with Gasteiger partial charge in [0.05, 0.1) is 12.2 Å². The van der Waals surface area contributed by atoms with Crippen molar-refractivity contribution in [3.8, 4) is 0 Å². The average Bonchev–Trinajstić information content (AvgIpc) is 2.54. The molecule has 0 spiro atoms. The quantitative estimate of drug-likeness (QED) is 0.436. The molecule has 0 radical (unpaired) electrons. The molecule has 0 aliphatic heterocycles. The van der Waals surface area contributed by atoms with Crippen LogP contribution in [0, 0.1) is 0 Å². The molecule has 2 aromatic rings. The van der Waals surface area contributed by atoms with Crippen molar-refractivity contribution < 1.29 is 0 Å². The Morgan fingerprint density at radius 2 is 1.68 bits per heavy atom. The zero-order valence-electron chi connectivity index (χ0n) is 12.7. The van der Waals surface area contributed by atoms with Gasteiger partial charge in [0.2, 0.25) is 0 Å². The molecule has 118 valence electrons. The highest BCUT2D eigenvalue weighted by Crippen LogP contribution is 1.96. The summed E-state index contributed by atoms with van der Waals surface area (Å²) in [5.74, 6) is 0.805. The van der Waals surface area contributed by atoms with Crippen molar-refractivity contribution in [2.24, 2.45) is 4.99 Å². The lowest BCUT2D eigenvalue weighted by atomic mass is 10.3. The van der Waals surface area contributed by atoms with Crippen LogP contribution < -0.4 is 10.6 Å². The van der Waals surface area contributed by atoms with Crippen LogP contribution in [0.2, 0.25) is 0 Å². The molecule has 0 saturated carbocycles. The number of aliphatic imine (C=N–C) groups is 1. The van der Waals surface area contributed by atoms with Gasteiger partial charge in [-0.2, -0.15) is 0 Å². The van der Waals surface area contributed by atoms with E-state index in [4.69, 9.17) is 0 Å². The van der Waals surface area contributed by atoms with Crippen molar-refractivity contribution in [2.45, 2.75) is 19.9 Å². The molecule has 22 heavy (non-hydrogen) atoms. The third-order valence-corrected chi connectivity index (χ3v) is 2.87. The van der Waals surface area contributed by atoms with Gasteiger partial charge in [-0.3, -0.25) is 9.97 Å². The largest absolute Gasteiger partial charge is 0.357 e. The van der Waals surface area contributed by atoms with Crippen LogP contribution in [0.15, 0.2) is 53.8 Å². The van der Waals surface area contributed by atoms with Crippen molar-refractivity contribution >= 4 is 29.9 Å². The van der Waals surface area contributed by atoms with Gasteiger partial charge < -0.3 is 10.6 Å². The van der Waals surface area contributed by atoms with Crippen molar-refractivity contribution in [1.29, 1.82) is 0 Å². The molecule has 0 aromatic carbocycles. The van der Waals surface area contributed by atoms with Gasteiger partial charge >= 0.3 is 0 Å². The van der Waals surface area contributed by atoms with Crippen LogP contribution in [0.25, 0.3) is 0 Å². The van der Waals surface area contributed by atoms with Gasteiger partial charge in [-0.25, -0.2) is 4.99 Å². The van der Waals surface area contributed by atoms with Gasteiger partial charge in [-0.15, -0.1) is 24.0 Å². The van der Waals surface area contributed by atoms with Crippen molar-refractivity contribution in [2.75, 3.05) is 13.1 Å². The van der Waals surface area contributed by atoms with E-state index in [9.17, 15) is 0 Å². The molecule has 0 fully saturated rings. The molecular formula is C16H22IN5. The Balaban J connectivity index is 0.00000242. The van der Waals surface area contributed by atoms with Gasteiger partial charge in [0, 0.05) is 37.6 Å². The highest BCUT2D eigenvalue weighted by molar-refractivity contribution is 14.0. The Morgan fingerprint density at radius 3 is 2.27 bits per heavy atom. The standard InChI is InChI=1S/C16H21N5.HI/c1-2-17-16(21-13-15-8-4-6-11-19-15)20-12-9-14-7-3-5-10-18-14;/h3-8,10-11H,2,9,12-13H2,1H3,(H2,17,20,21);1H. The first-order chi connectivity index (χ1) is 10.4. The van der Waals surface area contributed by atoms with E-state index in [-0.39, 0.29) is 24.0 Å². The Kier molecular flexibility index (Phi) is 9.13. The summed E-state index contributed by atoms with van der Waals surface area (Å²) in [6.45, 7) is 4.25. The number of hydrogen-bond donors (Lipinski definition) is 2. The Morgan fingerprint density at radius 1 is 1.00 bits per heavy atom. The van der Waals surface area contributed by atoms with Gasteiger partial charge in [-0.05, 0) is 31.2 Å². The highest BCUT2D eigenvalue weighted by Gasteiger charge is 1.99. The molecule has 0 aliphatic carbocycles. The number of pyridine rings is 2. The molecule has 5 nitrogen and oxygen atoms in total. The average molecular weight is 411 g/mol. The molecule has 0 amide bonds. The van der Waals surface area contributed by atoms with Crippen LogP contribution in [0.4, 0.5) is 0 Å². The minimum Gasteiger partial charge on any atom is -0.357 e. The number of halogens is 1. The third-order valence-electron chi connectivity index (χ3n) is 2.87. The maximum Gasteiger partial charge on any atom is 0.191 e. The van der Waals surface area contributed by atoms with E-state index in [0.717, 1.165) is 36.9 Å². The Labute approximate surface area is 148 Å². The maximum atomic E-state index is 4.53. The second kappa shape index (κ2) is 10.9. The molecule has 2 N–H and O–H groups in total. The van der Waals surface area contributed by atoms with Gasteiger partial charge in [0.25, 0.3) is 0 Å². The van der Waals surface area contributed by atoms with E-state index in [1.165, 1.54) is 0 Å². The smallest absolute Gasteiger partial charge is 0.191 e. The number of nitrogens with zero attached hydrogens (tertiary/aromatic N) is 3. The van der Waals surface area contributed by atoms with Gasteiger partial charge in [0.1, 0.15) is 0 Å². The van der Waals surface area contributed by atoms with Crippen LogP contribution in [0.5, 0.6) is 0 Å². The van der Waals surface area contributed by atoms with Crippen LogP contribution in [-0.4, -0.2) is 29.0 Å². The summed E-state index contributed by atoms with van der Waals surface area (Å²) in [7, 11) is 0. The van der Waals surface area contributed by atoms with Crippen molar-refractivity contribution in [3.63, 3.8) is 0 Å². The summed E-state index contributed by atoms with van der Waals surface area (Å²) >= 11 is 0. The monoisotopic (exact) mass is 411 g/mol. The first-order valence-electron chi connectivity index (χ1n) is 7.20. The van der Waals surface area contributed by atoms with Crippen LogP contribution in [0.3, 0.4) is 0 Å². The predicted octanol–water partition coefficient (Wildman–Crippen LogP) is 2.39. The van der Waals surface area contributed by atoms with E-state index < -0.39 is 0 Å². The number of rotatable bonds is 6. The molecule has 0 unspecified atom stereocenters. The topological polar surface area (TPSA) is 62.2 Å². The van der Waals surface area contributed by atoms with E-state index in [0.29, 0.717) is 6.54 Å². The van der Waals surface area contributed by atoms with Gasteiger partial charge in [-0.1, -0.05) is 12.1 Å². The summed E-state index contributed by atoms with van der Waals surface area (Å²) in [5.41, 5.74) is 2.03. The fourth-order valence-corrected chi connectivity index (χ4v) is 1.85. The summed E-state index contributed by atoms with van der Waals surface area (Å²) in [4.78, 5) is 13.1. The number of hydrogen-bond acceptors (Lipinski definition) is 3. The first kappa shape index (κ1) is 18.3. The molecular weight excluding hydrogens is 389 g/mol. The first-order valence-corrected chi connectivity index (χ1v) is 7.20. The highest BCUT2D eigenvalue weighted by atomic mass is 127. The lowest BCUT2D eigenvalue weighted by Crippen LogP contribution is -2.38. The maximum absolute atomic E-state index is 4.53. The lowest BCUT2D eigenvalue weighted by molar-refractivity contribution is 0.786. The van der Waals surface area contributed by atoms with Crippen LogP contribution in [0.1, 0.15) is 18.3 Å². The lowest BCUT2D eigenvalue weighted by Gasteiger charge is -2.10. The minimum atomic E-state index is 0. The molecule has 0 aliphatic rings. The zero-order chi connectivity index (χ0) is 14.8. The van der Waals surface area contributed by atoms with E-state index in [1.807, 2.05) is 42.6 Å². The number of aromatic nitrogens is 2. The molecule has 0 atom stereocenters. The molecule has 0 bridgehead atoms. The van der Waals surface area contributed by atoms with E-state index in [1.54, 1.807) is 6.20 Å². The summed E-state index contributed by atoms with van der Waals surface area (Å²) in [5, 5.41) is 6.54. The Hall–Kier alpha value is -1.70. The molecule has 2 heterocycles. The predicted molar refractivity (Wildman–Crippen MR) is 100 cm³/mol. The van der Waals surface area contributed by atoms with E-state index >= 15 is 0 Å². The molecule has 2 rings (SSSR count). The Bertz CT molecular complexity index is 545. The second-order valence-electron chi connectivity index (χ2n) is 4.51. The summed E-state index contributed by atoms with van der Waals surface area (Å²) in [6.07, 6.45) is 4.47. The van der Waals surface area contributed by atoms with Crippen molar-refractivity contribution in [3.05, 3.63) is 60.2 Å². The molecule has 0 saturated heterocycles. The van der Waals surface area contributed by atoms with Crippen LogP contribution >= 0.6 is 24.0 Å². The molecule has 6 heteroatoms. The van der Waals surface area contributed by atoms with Crippen molar-refractivity contribution in [1.82, 2.24) is 20.6 Å². The number of guanidine groups is 1. The zero-order valence-corrected chi connectivity index (χ0v) is 15.0. The van der Waals surface area contributed by atoms with Crippen LogP contribution in [-0.2, 0) is 13.0 Å². The SMILES string of the molecule is CCNC(=NCc1ccccn1)NCCc1ccccn1.I. The second-order valence-corrected chi connectivity index (χ2v) is 4.51. The van der Waals surface area contributed by atoms with E-state index in [2.05, 4.69) is 32.5 Å². The third kappa shape index (κ3) is 6.84. The normalized spacial score (nSPS) is 10.7. The number of nitrogens with one attached hydrogen (secondary N) is 2. The summed E-state index contributed by atoms with van der Waals surface area (Å²) in [6, 6.07) is 11.8. The fourth-order valence-electron chi connectivity index (χ4n) is 1.85. The minimum absolute atomic E-state index is 0. The fraction of sp³-hybridized carbons (Fsp3) is 0.312. The summed E-state index contributed by atoms with van der Waals surface area (Å²) < 4.78 is 0. The van der Waals surface area contributed by atoms with Gasteiger partial charge in [0.15, 0.2) is 5.96 Å².